The van der Waals surface area contributed by atoms with Gasteiger partial charge >= 0.3 is 0 Å². The van der Waals surface area contributed by atoms with E-state index >= 15 is 0 Å². The Kier molecular flexibility index (Phi) is 1.46. The van der Waals surface area contributed by atoms with Crippen LogP contribution in [0.25, 0.3) is 21.8 Å². The van der Waals surface area contributed by atoms with Gasteiger partial charge in [0.1, 0.15) is 4.64 Å². The fourth-order valence-electron chi connectivity index (χ4n) is 1.63. The first-order valence-corrected chi connectivity index (χ1v) is 4.70. The highest BCUT2D eigenvalue weighted by atomic mass is 32.1. The Morgan fingerprint density at radius 2 is 2.07 bits per heavy atom. The number of hydrogen-bond acceptors (Lipinski definition) is 2. The molecule has 0 fully saturated rings. The van der Waals surface area contributed by atoms with Crippen molar-refractivity contribution in [3.63, 3.8) is 0 Å². The summed E-state index contributed by atoms with van der Waals surface area (Å²) < 4.78 is 0.641. The van der Waals surface area contributed by atoms with Crippen LogP contribution < -0.4 is 0 Å². The third-order valence-electron chi connectivity index (χ3n) is 2.32. The van der Waals surface area contributed by atoms with Crippen molar-refractivity contribution < 1.29 is 0 Å². The van der Waals surface area contributed by atoms with Gasteiger partial charge in [0.05, 0.1) is 11.8 Å². The Balaban J connectivity index is 2.63. The molecule has 0 amide bonds. The zero-order valence-electron chi connectivity index (χ0n) is 7.24. The molecule has 0 spiro atoms. The fourth-order valence-corrected chi connectivity index (χ4v) is 1.85. The fraction of sp³-hybridized carbons (Fsp3) is 0. The molecule has 0 saturated carbocycles. The molecule has 2 heterocycles. The quantitative estimate of drug-likeness (QED) is 0.549. The lowest BCUT2D eigenvalue weighted by Crippen LogP contribution is -1.82. The smallest absolute Gasteiger partial charge is 0.137 e. The standard InChI is InChI=1S/C10H7N3S/c14-10-7-3-6-1-2-11-8(6)4-9(7)12-5-13-10/h1-5,11H,(H,12,13,14). The van der Waals surface area contributed by atoms with Crippen LogP contribution in [0.1, 0.15) is 0 Å². The zero-order valence-corrected chi connectivity index (χ0v) is 8.06. The van der Waals surface area contributed by atoms with E-state index in [1.54, 1.807) is 6.33 Å². The van der Waals surface area contributed by atoms with Gasteiger partial charge in [-0.25, -0.2) is 4.98 Å². The number of hydrogen-bond donors (Lipinski definition) is 2. The van der Waals surface area contributed by atoms with Gasteiger partial charge in [0.25, 0.3) is 0 Å². The predicted molar refractivity (Wildman–Crippen MR) is 58.8 cm³/mol. The highest BCUT2D eigenvalue weighted by Gasteiger charge is 1.99. The lowest BCUT2D eigenvalue weighted by atomic mass is 10.2. The topological polar surface area (TPSA) is 44.5 Å². The van der Waals surface area contributed by atoms with Gasteiger partial charge < -0.3 is 9.97 Å². The van der Waals surface area contributed by atoms with Gasteiger partial charge in [-0.1, -0.05) is 12.2 Å². The predicted octanol–water partition coefficient (Wildman–Crippen LogP) is 2.77. The summed E-state index contributed by atoms with van der Waals surface area (Å²) in [5.41, 5.74) is 2.12. The summed E-state index contributed by atoms with van der Waals surface area (Å²) in [6.45, 7) is 0. The van der Waals surface area contributed by atoms with E-state index in [0.717, 1.165) is 21.8 Å². The van der Waals surface area contributed by atoms with E-state index in [0.29, 0.717) is 4.64 Å². The number of rotatable bonds is 0. The van der Waals surface area contributed by atoms with E-state index in [4.69, 9.17) is 12.2 Å². The van der Waals surface area contributed by atoms with Gasteiger partial charge in [-0.05, 0) is 18.2 Å². The van der Waals surface area contributed by atoms with Crippen molar-refractivity contribution in [1.29, 1.82) is 0 Å². The maximum atomic E-state index is 5.15. The van der Waals surface area contributed by atoms with Crippen molar-refractivity contribution in [2.75, 3.05) is 0 Å². The Morgan fingerprint density at radius 1 is 1.14 bits per heavy atom. The van der Waals surface area contributed by atoms with Gasteiger partial charge in [0, 0.05) is 22.5 Å². The van der Waals surface area contributed by atoms with Crippen molar-refractivity contribution in [1.82, 2.24) is 15.0 Å². The molecule has 1 aromatic carbocycles. The molecule has 14 heavy (non-hydrogen) atoms. The SMILES string of the molecule is S=c1nc[nH]c2cc3[nH]ccc3cc12. The van der Waals surface area contributed by atoms with E-state index < -0.39 is 0 Å². The number of aromatic nitrogens is 3. The molecule has 0 aliphatic heterocycles. The van der Waals surface area contributed by atoms with E-state index in [1.165, 1.54) is 0 Å². The monoisotopic (exact) mass is 201 g/mol. The molecule has 0 radical (unpaired) electrons. The Bertz CT molecular complexity index is 665. The lowest BCUT2D eigenvalue weighted by molar-refractivity contribution is 1.21. The average Bonchev–Trinajstić information content (AvgIpc) is 2.62. The normalized spacial score (nSPS) is 11.1. The van der Waals surface area contributed by atoms with Crippen LogP contribution in [0, 0.1) is 4.64 Å². The van der Waals surface area contributed by atoms with Gasteiger partial charge in [-0.2, -0.15) is 0 Å². The molecule has 3 aromatic rings. The van der Waals surface area contributed by atoms with Crippen LogP contribution in [-0.4, -0.2) is 15.0 Å². The molecule has 0 aliphatic rings. The second kappa shape index (κ2) is 2.65. The highest BCUT2D eigenvalue weighted by molar-refractivity contribution is 7.71. The zero-order chi connectivity index (χ0) is 9.54. The number of nitrogens with zero attached hydrogens (tertiary/aromatic N) is 1. The van der Waals surface area contributed by atoms with E-state index in [2.05, 4.69) is 15.0 Å². The molecule has 4 heteroatoms. The van der Waals surface area contributed by atoms with Gasteiger partial charge in [0.15, 0.2) is 0 Å². The van der Waals surface area contributed by atoms with Crippen molar-refractivity contribution in [2.24, 2.45) is 0 Å². The van der Waals surface area contributed by atoms with Gasteiger partial charge in [-0.15, -0.1) is 0 Å². The molecule has 0 aliphatic carbocycles. The first kappa shape index (κ1) is 7.70. The number of aromatic amines is 2. The molecule has 0 atom stereocenters. The molecule has 0 bridgehead atoms. The third kappa shape index (κ3) is 0.975. The van der Waals surface area contributed by atoms with Gasteiger partial charge in [0.2, 0.25) is 0 Å². The van der Waals surface area contributed by atoms with Crippen LogP contribution in [0.5, 0.6) is 0 Å². The Hall–Kier alpha value is -1.68. The Morgan fingerprint density at radius 3 is 3.00 bits per heavy atom. The van der Waals surface area contributed by atoms with Crippen molar-refractivity contribution in [2.45, 2.75) is 0 Å². The highest BCUT2D eigenvalue weighted by Crippen LogP contribution is 2.19. The summed E-state index contributed by atoms with van der Waals surface area (Å²) in [5, 5.41) is 2.15. The molecule has 2 N–H and O–H groups in total. The van der Waals surface area contributed by atoms with Crippen LogP contribution >= 0.6 is 12.2 Å². The van der Waals surface area contributed by atoms with Crippen molar-refractivity contribution >= 4 is 34.0 Å². The van der Waals surface area contributed by atoms with Crippen molar-refractivity contribution in [3.05, 3.63) is 35.4 Å². The summed E-state index contributed by atoms with van der Waals surface area (Å²) in [6, 6.07) is 6.12. The maximum absolute atomic E-state index is 5.15. The van der Waals surface area contributed by atoms with E-state index in [1.807, 2.05) is 24.4 Å². The van der Waals surface area contributed by atoms with Crippen LogP contribution in [-0.2, 0) is 0 Å². The second-order valence-electron chi connectivity index (χ2n) is 3.17. The molecule has 0 saturated heterocycles. The minimum Gasteiger partial charge on any atom is -0.361 e. The first-order valence-electron chi connectivity index (χ1n) is 4.29. The summed E-state index contributed by atoms with van der Waals surface area (Å²) >= 11 is 5.15. The third-order valence-corrected chi connectivity index (χ3v) is 2.65. The van der Waals surface area contributed by atoms with Crippen LogP contribution in [0.15, 0.2) is 30.7 Å². The number of benzene rings is 1. The molecule has 2 aromatic heterocycles. The van der Waals surface area contributed by atoms with E-state index in [-0.39, 0.29) is 0 Å². The molecule has 3 nitrogen and oxygen atoms in total. The minimum absolute atomic E-state index is 0.641. The second-order valence-corrected chi connectivity index (χ2v) is 3.56. The minimum atomic E-state index is 0.641. The average molecular weight is 201 g/mol. The van der Waals surface area contributed by atoms with Crippen LogP contribution in [0.2, 0.25) is 0 Å². The molecule has 68 valence electrons. The van der Waals surface area contributed by atoms with E-state index in [9.17, 15) is 0 Å². The number of H-pyrrole nitrogens is 2. The molecular weight excluding hydrogens is 194 g/mol. The summed E-state index contributed by atoms with van der Waals surface area (Å²) in [6.07, 6.45) is 3.54. The molecule has 0 unspecified atom stereocenters. The van der Waals surface area contributed by atoms with Crippen LogP contribution in [0.3, 0.4) is 0 Å². The summed E-state index contributed by atoms with van der Waals surface area (Å²) in [5.74, 6) is 0. The van der Waals surface area contributed by atoms with Gasteiger partial charge in [-0.3, -0.25) is 0 Å². The maximum Gasteiger partial charge on any atom is 0.137 e. The molecule has 3 rings (SSSR count). The largest absolute Gasteiger partial charge is 0.361 e. The van der Waals surface area contributed by atoms with Crippen molar-refractivity contribution in [3.8, 4) is 0 Å². The summed E-state index contributed by atoms with van der Waals surface area (Å²) in [4.78, 5) is 10.3. The van der Waals surface area contributed by atoms with Crippen LogP contribution in [0.4, 0.5) is 0 Å². The molecular formula is C10H7N3S. The Labute approximate surface area is 84.8 Å². The number of fused-ring (bicyclic) bond motifs is 2. The first-order chi connectivity index (χ1) is 6.84. The lowest BCUT2D eigenvalue weighted by Gasteiger charge is -1.97. The summed E-state index contributed by atoms with van der Waals surface area (Å²) in [7, 11) is 0. The number of nitrogens with one attached hydrogen (secondary N) is 2.